The first kappa shape index (κ1) is 13.7. The molecule has 0 spiro atoms. The van der Waals surface area contributed by atoms with E-state index < -0.39 is 0 Å². The van der Waals surface area contributed by atoms with E-state index in [1.165, 1.54) is 6.07 Å². The molecule has 0 aliphatic heterocycles. The maximum Gasteiger partial charge on any atom is 0.131 e. The molecule has 3 heteroatoms. The number of benzene rings is 3. The Morgan fingerprint density at radius 1 is 0.762 bits per heavy atom. The van der Waals surface area contributed by atoms with Gasteiger partial charge in [0.1, 0.15) is 11.6 Å². The van der Waals surface area contributed by atoms with Crippen LogP contribution in [0.1, 0.15) is 0 Å². The van der Waals surface area contributed by atoms with Crippen LogP contribution in [0.4, 0.5) is 4.39 Å². The van der Waals surface area contributed by atoms with Crippen LogP contribution in [-0.2, 0) is 0 Å². The fourth-order valence-corrected chi connectivity index (χ4v) is 2.47. The van der Waals surface area contributed by atoms with Gasteiger partial charge in [-0.1, -0.05) is 54.1 Å². The van der Waals surface area contributed by atoms with E-state index in [1.807, 2.05) is 18.2 Å². The second kappa shape index (κ2) is 5.58. The van der Waals surface area contributed by atoms with Crippen molar-refractivity contribution in [3.8, 4) is 28.0 Å². The van der Waals surface area contributed by atoms with Gasteiger partial charge in [0.2, 0.25) is 0 Å². The van der Waals surface area contributed by atoms with Crippen LogP contribution < -0.4 is 0 Å². The first-order valence-electron chi connectivity index (χ1n) is 6.49. The van der Waals surface area contributed by atoms with Gasteiger partial charge >= 0.3 is 0 Å². The summed E-state index contributed by atoms with van der Waals surface area (Å²) in [5.74, 6) is -0.319. The molecule has 3 aromatic rings. The van der Waals surface area contributed by atoms with Gasteiger partial charge in [0.05, 0.1) is 0 Å². The van der Waals surface area contributed by atoms with Gasteiger partial charge in [-0.15, -0.1) is 0 Å². The van der Waals surface area contributed by atoms with Gasteiger partial charge in [-0.05, 0) is 35.4 Å². The van der Waals surface area contributed by atoms with Crippen molar-refractivity contribution in [2.75, 3.05) is 0 Å². The van der Waals surface area contributed by atoms with Gasteiger partial charge in [0.15, 0.2) is 0 Å². The first-order valence-corrected chi connectivity index (χ1v) is 6.87. The predicted molar refractivity (Wildman–Crippen MR) is 83.9 cm³/mol. The molecule has 0 saturated carbocycles. The molecule has 0 aromatic heterocycles. The number of phenols is 1. The van der Waals surface area contributed by atoms with Crippen LogP contribution in [0.15, 0.2) is 66.7 Å². The SMILES string of the molecule is Oc1ccccc1-c1ccc(-c2cccc(Cl)c2)cc1F. The molecule has 0 atom stereocenters. The molecule has 0 bridgehead atoms. The van der Waals surface area contributed by atoms with Gasteiger partial charge in [0.25, 0.3) is 0 Å². The fourth-order valence-electron chi connectivity index (χ4n) is 2.28. The third-order valence-electron chi connectivity index (χ3n) is 3.32. The van der Waals surface area contributed by atoms with E-state index in [1.54, 1.807) is 42.5 Å². The number of hydrogen-bond acceptors (Lipinski definition) is 1. The topological polar surface area (TPSA) is 20.2 Å². The van der Waals surface area contributed by atoms with Crippen LogP contribution in [-0.4, -0.2) is 5.11 Å². The van der Waals surface area contributed by atoms with Crippen LogP contribution in [0.5, 0.6) is 5.75 Å². The Hall–Kier alpha value is -2.32. The Balaban J connectivity index is 2.07. The Morgan fingerprint density at radius 2 is 1.52 bits per heavy atom. The summed E-state index contributed by atoms with van der Waals surface area (Å²) >= 11 is 5.96. The van der Waals surface area contributed by atoms with Gasteiger partial charge in [-0.3, -0.25) is 0 Å². The molecule has 0 unspecified atom stereocenters. The summed E-state index contributed by atoms with van der Waals surface area (Å²) in [5.41, 5.74) is 2.45. The number of halogens is 2. The summed E-state index contributed by atoms with van der Waals surface area (Å²) < 4.78 is 14.4. The first-order chi connectivity index (χ1) is 10.1. The summed E-state index contributed by atoms with van der Waals surface area (Å²) in [7, 11) is 0. The van der Waals surface area contributed by atoms with E-state index in [-0.39, 0.29) is 11.6 Å². The van der Waals surface area contributed by atoms with Crippen molar-refractivity contribution in [1.29, 1.82) is 0 Å². The lowest BCUT2D eigenvalue weighted by Gasteiger charge is -2.08. The van der Waals surface area contributed by atoms with E-state index in [4.69, 9.17) is 11.6 Å². The quantitative estimate of drug-likeness (QED) is 0.660. The Kier molecular flexibility index (Phi) is 3.63. The molecular weight excluding hydrogens is 287 g/mol. The van der Waals surface area contributed by atoms with Crippen LogP contribution in [0.25, 0.3) is 22.3 Å². The Labute approximate surface area is 127 Å². The molecule has 0 saturated heterocycles. The number of rotatable bonds is 2. The van der Waals surface area contributed by atoms with E-state index in [2.05, 4.69) is 0 Å². The summed E-state index contributed by atoms with van der Waals surface area (Å²) in [6, 6.07) is 18.9. The molecule has 104 valence electrons. The Bertz CT molecular complexity index is 799. The molecule has 1 nitrogen and oxygen atoms in total. The van der Waals surface area contributed by atoms with E-state index in [0.717, 1.165) is 11.1 Å². The number of aromatic hydroxyl groups is 1. The second-order valence-corrected chi connectivity index (χ2v) is 5.16. The molecule has 0 aliphatic rings. The minimum absolute atomic E-state index is 0.0619. The average molecular weight is 299 g/mol. The summed E-state index contributed by atoms with van der Waals surface area (Å²) in [4.78, 5) is 0. The summed E-state index contributed by atoms with van der Waals surface area (Å²) in [5, 5.41) is 10.4. The van der Waals surface area contributed by atoms with Gasteiger partial charge in [-0.25, -0.2) is 4.39 Å². The van der Waals surface area contributed by atoms with Crippen LogP contribution in [0, 0.1) is 5.82 Å². The Morgan fingerprint density at radius 3 is 2.24 bits per heavy atom. The zero-order valence-corrected chi connectivity index (χ0v) is 11.8. The summed E-state index contributed by atoms with van der Waals surface area (Å²) in [6.07, 6.45) is 0. The second-order valence-electron chi connectivity index (χ2n) is 4.72. The normalized spacial score (nSPS) is 10.6. The van der Waals surface area contributed by atoms with Crippen molar-refractivity contribution in [2.24, 2.45) is 0 Å². The third-order valence-corrected chi connectivity index (χ3v) is 3.56. The summed E-state index contributed by atoms with van der Waals surface area (Å²) in [6.45, 7) is 0. The highest BCUT2D eigenvalue weighted by Gasteiger charge is 2.10. The average Bonchev–Trinajstić information content (AvgIpc) is 2.48. The molecule has 3 rings (SSSR count). The highest BCUT2D eigenvalue weighted by molar-refractivity contribution is 6.30. The van der Waals surface area contributed by atoms with Crippen LogP contribution in [0.2, 0.25) is 5.02 Å². The van der Waals surface area contributed by atoms with Gasteiger partial charge < -0.3 is 5.11 Å². The number of para-hydroxylation sites is 1. The molecule has 0 heterocycles. The van der Waals surface area contributed by atoms with Crippen molar-refractivity contribution in [3.63, 3.8) is 0 Å². The molecule has 0 radical (unpaired) electrons. The molecule has 0 aliphatic carbocycles. The molecule has 3 aromatic carbocycles. The monoisotopic (exact) mass is 298 g/mol. The molecule has 0 amide bonds. The highest BCUT2D eigenvalue weighted by Crippen LogP contribution is 2.33. The van der Waals surface area contributed by atoms with Crippen molar-refractivity contribution in [1.82, 2.24) is 0 Å². The van der Waals surface area contributed by atoms with Crippen LogP contribution in [0.3, 0.4) is 0 Å². The number of hydrogen-bond donors (Lipinski definition) is 1. The number of phenolic OH excluding ortho intramolecular Hbond substituents is 1. The van der Waals surface area contributed by atoms with Crippen molar-refractivity contribution in [2.45, 2.75) is 0 Å². The lowest BCUT2D eigenvalue weighted by Crippen LogP contribution is -1.87. The molecule has 21 heavy (non-hydrogen) atoms. The fraction of sp³-hybridized carbons (Fsp3) is 0. The molecular formula is C18H12ClFO. The third kappa shape index (κ3) is 2.76. The van der Waals surface area contributed by atoms with Crippen molar-refractivity contribution >= 4 is 11.6 Å². The smallest absolute Gasteiger partial charge is 0.131 e. The maximum absolute atomic E-state index is 14.4. The zero-order chi connectivity index (χ0) is 14.8. The lowest BCUT2D eigenvalue weighted by molar-refractivity contribution is 0.476. The predicted octanol–water partition coefficient (Wildman–Crippen LogP) is 5.52. The van der Waals surface area contributed by atoms with Crippen molar-refractivity contribution in [3.05, 3.63) is 77.6 Å². The maximum atomic E-state index is 14.4. The minimum atomic E-state index is -0.381. The standard InChI is InChI=1S/C18H12ClFO/c19-14-5-3-4-12(10-14)13-8-9-15(17(20)11-13)16-6-1-2-7-18(16)21/h1-11,21H. The lowest BCUT2D eigenvalue weighted by atomic mass is 9.99. The molecule has 1 N–H and O–H groups in total. The van der Waals surface area contributed by atoms with E-state index in [0.29, 0.717) is 16.1 Å². The largest absolute Gasteiger partial charge is 0.507 e. The van der Waals surface area contributed by atoms with E-state index >= 15 is 0 Å². The van der Waals surface area contributed by atoms with E-state index in [9.17, 15) is 9.50 Å². The van der Waals surface area contributed by atoms with Gasteiger partial charge in [-0.2, -0.15) is 0 Å². The molecule has 0 fully saturated rings. The van der Waals surface area contributed by atoms with Crippen molar-refractivity contribution < 1.29 is 9.50 Å². The minimum Gasteiger partial charge on any atom is -0.507 e. The van der Waals surface area contributed by atoms with Gasteiger partial charge in [0, 0.05) is 16.1 Å². The van der Waals surface area contributed by atoms with Crippen LogP contribution >= 0.6 is 11.6 Å². The highest BCUT2D eigenvalue weighted by atomic mass is 35.5. The zero-order valence-electron chi connectivity index (χ0n) is 11.1.